The van der Waals surface area contributed by atoms with Crippen LogP contribution in [0.3, 0.4) is 0 Å². The lowest BCUT2D eigenvalue weighted by Gasteiger charge is -2.17. The quantitative estimate of drug-likeness (QED) is 0.890. The summed E-state index contributed by atoms with van der Waals surface area (Å²) in [6.07, 6.45) is 0.106. The van der Waals surface area contributed by atoms with E-state index in [9.17, 15) is 14.0 Å². The van der Waals surface area contributed by atoms with Gasteiger partial charge in [0.2, 0.25) is 11.8 Å². The summed E-state index contributed by atoms with van der Waals surface area (Å²) in [5, 5.41) is 5.15. The summed E-state index contributed by atoms with van der Waals surface area (Å²) in [5.74, 6) is -0.911. The Hall–Kier alpha value is -1.91. The Balaban J connectivity index is 2.43. The van der Waals surface area contributed by atoms with Crippen molar-refractivity contribution in [2.24, 2.45) is 5.41 Å². The second-order valence-electron chi connectivity index (χ2n) is 5.79. The Morgan fingerprint density at radius 2 is 1.90 bits per heavy atom. The Morgan fingerprint density at radius 1 is 1.25 bits per heavy atom. The van der Waals surface area contributed by atoms with Crippen LogP contribution in [-0.4, -0.2) is 18.4 Å². The van der Waals surface area contributed by atoms with Gasteiger partial charge in [0.15, 0.2) is 0 Å². The largest absolute Gasteiger partial charge is 0.355 e. The van der Waals surface area contributed by atoms with Gasteiger partial charge in [-0.05, 0) is 24.6 Å². The first-order valence-electron chi connectivity index (χ1n) is 6.54. The van der Waals surface area contributed by atoms with Crippen LogP contribution in [0, 0.1) is 18.2 Å². The van der Waals surface area contributed by atoms with Crippen LogP contribution < -0.4 is 10.6 Å². The zero-order valence-electron chi connectivity index (χ0n) is 12.3. The highest BCUT2D eigenvalue weighted by Crippen LogP contribution is 2.15. The Kier molecular flexibility index (Phi) is 5.25. The molecule has 1 aromatic carbocycles. The summed E-state index contributed by atoms with van der Waals surface area (Å²) >= 11 is 0. The average Bonchev–Trinajstić information content (AvgIpc) is 2.31. The molecule has 5 heteroatoms. The number of carbonyl (C=O) groups is 2. The zero-order chi connectivity index (χ0) is 15.3. The van der Waals surface area contributed by atoms with Crippen LogP contribution in [0.5, 0.6) is 0 Å². The molecule has 0 saturated heterocycles. The number of aryl methyl sites for hydroxylation is 1. The summed E-state index contributed by atoms with van der Waals surface area (Å²) in [5.41, 5.74) is 0.459. The first-order chi connectivity index (χ1) is 9.20. The van der Waals surface area contributed by atoms with Gasteiger partial charge in [0.1, 0.15) is 5.82 Å². The van der Waals surface area contributed by atoms with E-state index in [4.69, 9.17) is 0 Å². The number of amides is 2. The first-order valence-corrected chi connectivity index (χ1v) is 6.54. The average molecular weight is 280 g/mol. The van der Waals surface area contributed by atoms with E-state index in [2.05, 4.69) is 10.6 Å². The molecular formula is C15H21FN2O2. The Bertz CT molecular complexity index is 507. The number of benzene rings is 1. The zero-order valence-corrected chi connectivity index (χ0v) is 12.3. The van der Waals surface area contributed by atoms with Gasteiger partial charge in [-0.15, -0.1) is 0 Å². The third kappa shape index (κ3) is 4.99. The van der Waals surface area contributed by atoms with Crippen molar-refractivity contribution in [3.63, 3.8) is 0 Å². The summed E-state index contributed by atoms with van der Waals surface area (Å²) in [7, 11) is 0. The van der Waals surface area contributed by atoms with Crippen LogP contribution in [0.1, 0.15) is 32.8 Å². The molecule has 0 saturated carbocycles. The van der Waals surface area contributed by atoms with Gasteiger partial charge in [-0.1, -0.05) is 26.8 Å². The monoisotopic (exact) mass is 280 g/mol. The lowest BCUT2D eigenvalue weighted by Crippen LogP contribution is -2.36. The molecule has 20 heavy (non-hydrogen) atoms. The fraction of sp³-hybridized carbons (Fsp3) is 0.467. The molecule has 0 aliphatic heterocycles. The predicted octanol–water partition coefficient (Wildman–Crippen LogP) is 2.63. The van der Waals surface area contributed by atoms with Gasteiger partial charge < -0.3 is 10.6 Å². The smallest absolute Gasteiger partial charge is 0.226 e. The van der Waals surface area contributed by atoms with E-state index >= 15 is 0 Å². The van der Waals surface area contributed by atoms with Crippen molar-refractivity contribution in [1.82, 2.24) is 5.32 Å². The third-order valence-corrected chi connectivity index (χ3v) is 2.72. The molecule has 0 atom stereocenters. The van der Waals surface area contributed by atoms with Crippen molar-refractivity contribution in [2.75, 3.05) is 11.9 Å². The van der Waals surface area contributed by atoms with Crippen LogP contribution in [-0.2, 0) is 9.59 Å². The second-order valence-corrected chi connectivity index (χ2v) is 5.79. The van der Waals surface area contributed by atoms with Gasteiger partial charge in [0, 0.05) is 18.4 Å². The van der Waals surface area contributed by atoms with E-state index in [0.29, 0.717) is 0 Å². The van der Waals surface area contributed by atoms with Crippen LogP contribution in [0.2, 0.25) is 0 Å². The molecule has 0 heterocycles. The molecule has 2 N–H and O–H groups in total. The van der Waals surface area contributed by atoms with Gasteiger partial charge in [-0.25, -0.2) is 4.39 Å². The van der Waals surface area contributed by atoms with Gasteiger partial charge in [0.25, 0.3) is 0 Å². The van der Waals surface area contributed by atoms with Crippen molar-refractivity contribution in [2.45, 2.75) is 34.1 Å². The fourth-order valence-corrected chi connectivity index (χ4v) is 1.49. The molecule has 1 aromatic rings. The van der Waals surface area contributed by atoms with Gasteiger partial charge >= 0.3 is 0 Å². The maximum absolute atomic E-state index is 13.5. The van der Waals surface area contributed by atoms with E-state index in [-0.39, 0.29) is 30.5 Å². The minimum Gasteiger partial charge on any atom is -0.355 e. The van der Waals surface area contributed by atoms with Crippen molar-refractivity contribution < 1.29 is 14.0 Å². The number of rotatable bonds is 4. The minimum absolute atomic E-state index is 0.106. The van der Waals surface area contributed by atoms with Crippen molar-refractivity contribution in [3.8, 4) is 0 Å². The van der Waals surface area contributed by atoms with Crippen LogP contribution >= 0.6 is 0 Å². The lowest BCUT2D eigenvalue weighted by molar-refractivity contribution is -0.128. The molecule has 0 spiro atoms. The van der Waals surface area contributed by atoms with Gasteiger partial charge in [-0.2, -0.15) is 0 Å². The van der Waals surface area contributed by atoms with E-state index in [1.165, 1.54) is 12.1 Å². The SMILES string of the molecule is Cc1ccc(NC(=O)CCNC(=O)C(C)(C)C)c(F)c1. The third-order valence-electron chi connectivity index (χ3n) is 2.72. The summed E-state index contributed by atoms with van der Waals surface area (Å²) < 4.78 is 13.5. The number of carbonyl (C=O) groups excluding carboxylic acids is 2. The van der Waals surface area contributed by atoms with Crippen molar-refractivity contribution in [3.05, 3.63) is 29.6 Å². The lowest BCUT2D eigenvalue weighted by atomic mass is 9.96. The molecule has 2 amide bonds. The molecule has 1 rings (SSSR count). The van der Waals surface area contributed by atoms with Crippen molar-refractivity contribution >= 4 is 17.5 Å². The standard InChI is InChI=1S/C15H21FN2O2/c1-10-5-6-12(11(16)9-10)18-13(19)7-8-17-14(20)15(2,3)4/h5-6,9H,7-8H2,1-4H3,(H,17,20)(H,18,19). The molecular weight excluding hydrogens is 259 g/mol. The van der Waals surface area contributed by atoms with Gasteiger partial charge in [-0.3, -0.25) is 9.59 Å². The van der Waals surface area contributed by atoms with Crippen molar-refractivity contribution in [1.29, 1.82) is 0 Å². The number of hydrogen-bond donors (Lipinski definition) is 2. The predicted molar refractivity (Wildman–Crippen MR) is 76.8 cm³/mol. The van der Waals surface area contributed by atoms with E-state index in [1.807, 2.05) is 0 Å². The molecule has 0 bridgehead atoms. The molecule has 0 aliphatic carbocycles. The molecule has 0 fully saturated rings. The second kappa shape index (κ2) is 6.50. The molecule has 4 nitrogen and oxygen atoms in total. The molecule has 0 unspecified atom stereocenters. The normalized spacial score (nSPS) is 11.1. The minimum atomic E-state index is -0.487. The topological polar surface area (TPSA) is 58.2 Å². The number of anilines is 1. The number of halogens is 1. The Morgan fingerprint density at radius 3 is 2.45 bits per heavy atom. The molecule has 110 valence electrons. The highest BCUT2D eigenvalue weighted by atomic mass is 19.1. The number of nitrogens with one attached hydrogen (secondary N) is 2. The number of hydrogen-bond acceptors (Lipinski definition) is 2. The maximum atomic E-state index is 13.5. The fourth-order valence-electron chi connectivity index (χ4n) is 1.49. The van der Waals surface area contributed by atoms with E-state index < -0.39 is 11.2 Å². The summed E-state index contributed by atoms with van der Waals surface area (Å²) in [6.45, 7) is 7.39. The van der Waals surface area contributed by atoms with Crippen LogP contribution in [0.15, 0.2) is 18.2 Å². The highest BCUT2D eigenvalue weighted by Gasteiger charge is 2.20. The summed E-state index contributed by atoms with van der Waals surface area (Å²) in [6, 6.07) is 4.60. The summed E-state index contributed by atoms with van der Waals surface area (Å²) in [4.78, 5) is 23.2. The van der Waals surface area contributed by atoms with E-state index in [1.54, 1.807) is 33.8 Å². The van der Waals surface area contributed by atoms with Crippen LogP contribution in [0.4, 0.5) is 10.1 Å². The van der Waals surface area contributed by atoms with Crippen LogP contribution in [0.25, 0.3) is 0 Å². The maximum Gasteiger partial charge on any atom is 0.226 e. The van der Waals surface area contributed by atoms with Gasteiger partial charge in [0.05, 0.1) is 5.69 Å². The highest BCUT2D eigenvalue weighted by molar-refractivity contribution is 5.91. The molecule has 0 radical (unpaired) electrons. The first kappa shape index (κ1) is 16.1. The Labute approximate surface area is 118 Å². The molecule has 0 aliphatic rings. The molecule has 0 aromatic heterocycles. The van der Waals surface area contributed by atoms with E-state index in [0.717, 1.165) is 5.56 Å².